The molecular weight excluding hydrogens is 338 g/mol. The number of rotatable bonds is 6. The highest BCUT2D eigenvalue weighted by Crippen LogP contribution is 2.21. The number of amides is 1. The average Bonchev–Trinajstić information content (AvgIpc) is 2.90. The van der Waals surface area contributed by atoms with Crippen LogP contribution in [-0.4, -0.2) is 24.3 Å². The number of carbonyl (C=O) groups is 3. The van der Waals surface area contributed by atoms with Gasteiger partial charge in [-0.1, -0.05) is 24.3 Å². The van der Waals surface area contributed by atoms with Gasteiger partial charge in [-0.25, -0.2) is 4.79 Å². The zero-order valence-electron chi connectivity index (χ0n) is 14.7. The Labute approximate surface area is 151 Å². The number of ether oxygens (including phenoxy) is 1. The van der Waals surface area contributed by atoms with Crippen molar-refractivity contribution in [3.8, 4) is 0 Å². The van der Waals surface area contributed by atoms with Crippen LogP contribution in [0.4, 0.5) is 0 Å². The SMILES string of the molecule is CC(=O)N[C@H](C)c1ccc(C(=O)COC(=O)c2cc(C)sc2C)cc1. The van der Waals surface area contributed by atoms with Gasteiger partial charge >= 0.3 is 5.97 Å². The first-order valence-electron chi connectivity index (χ1n) is 7.92. The first kappa shape index (κ1) is 18.9. The molecule has 1 atom stereocenters. The number of esters is 1. The van der Waals surface area contributed by atoms with Crippen LogP contribution in [0.25, 0.3) is 0 Å². The third-order valence-electron chi connectivity index (χ3n) is 3.75. The van der Waals surface area contributed by atoms with E-state index in [4.69, 9.17) is 4.74 Å². The van der Waals surface area contributed by atoms with E-state index in [0.29, 0.717) is 11.1 Å². The lowest BCUT2D eigenvalue weighted by atomic mass is 10.0. The first-order chi connectivity index (χ1) is 11.8. The number of hydrogen-bond donors (Lipinski definition) is 1. The number of nitrogens with one attached hydrogen (secondary N) is 1. The summed E-state index contributed by atoms with van der Waals surface area (Å²) in [5, 5.41) is 2.78. The van der Waals surface area contributed by atoms with E-state index in [2.05, 4.69) is 5.32 Å². The van der Waals surface area contributed by atoms with Crippen LogP contribution in [-0.2, 0) is 9.53 Å². The number of ketones is 1. The standard InChI is InChI=1S/C19H21NO4S/c1-11-9-17(13(3)25-11)19(23)24-10-18(22)16-7-5-15(6-8-16)12(2)20-14(4)21/h5-9,12H,10H2,1-4H3,(H,20,21)/t12-/m1/s1. The average molecular weight is 359 g/mol. The third kappa shape index (κ3) is 5.00. The maximum absolute atomic E-state index is 12.2. The molecule has 0 aliphatic heterocycles. The molecule has 0 bridgehead atoms. The molecule has 1 aromatic carbocycles. The summed E-state index contributed by atoms with van der Waals surface area (Å²) in [6.07, 6.45) is 0. The van der Waals surface area contributed by atoms with Crippen molar-refractivity contribution in [2.45, 2.75) is 33.7 Å². The summed E-state index contributed by atoms with van der Waals surface area (Å²) >= 11 is 1.52. The Morgan fingerprint density at radius 3 is 2.32 bits per heavy atom. The van der Waals surface area contributed by atoms with E-state index >= 15 is 0 Å². The van der Waals surface area contributed by atoms with Crippen LogP contribution in [0.5, 0.6) is 0 Å². The molecule has 2 aromatic rings. The highest BCUT2D eigenvalue weighted by atomic mass is 32.1. The Balaban J connectivity index is 1.95. The van der Waals surface area contributed by atoms with Gasteiger partial charge in [-0.2, -0.15) is 0 Å². The largest absolute Gasteiger partial charge is 0.454 e. The molecular formula is C19H21NO4S. The van der Waals surface area contributed by atoms with Gasteiger partial charge < -0.3 is 10.1 Å². The number of Topliss-reactive ketones (excluding diaryl/α,β-unsaturated/α-hetero) is 1. The predicted molar refractivity (Wildman–Crippen MR) is 97.1 cm³/mol. The first-order valence-corrected chi connectivity index (χ1v) is 8.74. The van der Waals surface area contributed by atoms with Crippen LogP contribution in [0.1, 0.15) is 55.9 Å². The second kappa shape index (κ2) is 8.07. The molecule has 132 valence electrons. The van der Waals surface area contributed by atoms with Crippen LogP contribution in [0.3, 0.4) is 0 Å². The summed E-state index contributed by atoms with van der Waals surface area (Å²) < 4.78 is 5.13. The second-order valence-electron chi connectivity index (χ2n) is 5.87. The molecule has 0 spiro atoms. The number of aryl methyl sites for hydroxylation is 2. The van der Waals surface area contributed by atoms with Gasteiger partial charge in [0.25, 0.3) is 0 Å². The lowest BCUT2D eigenvalue weighted by molar-refractivity contribution is -0.119. The van der Waals surface area contributed by atoms with Gasteiger partial charge in [0, 0.05) is 22.2 Å². The van der Waals surface area contributed by atoms with Gasteiger partial charge in [0.05, 0.1) is 11.6 Å². The quantitative estimate of drug-likeness (QED) is 0.632. The van der Waals surface area contributed by atoms with Crippen LogP contribution in [0.15, 0.2) is 30.3 Å². The molecule has 1 amide bonds. The molecule has 2 rings (SSSR count). The van der Waals surface area contributed by atoms with E-state index in [1.54, 1.807) is 30.3 Å². The van der Waals surface area contributed by atoms with Gasteiger partial charge in [-0.3, -0.25) is 9.59 Å². The molecule has 0 saturated carbocycles. The highest BCUT2D eigenvalue weighted by Gasteiger charge is 2.16. The minimum absolute atomic E-state index is 0.112. The summed E-state index contributed by atoms with van der Waals surface area (Å²) in [4.78, 5) is 37.2. The van der Waals surface area contributed by atoms with Crippen LogP contribution in [0.2, 0.25) is 0 Å². The fourth-order valence-electron chi connectivity index (χ4n) is 2.47. The van der Waals surface area contributed by atoms with E-state index < -0.39 is 5.97 Å². The third-order valence-corrected chi connectivity index (χ3v) is 4.71. The Hall–Kier alpha value is -2.47. The molecule has 5 nitrogen and oxygen atoms in total. The minimum atomic E-state index is -0.480. The minimum Gasteiger partial charge on any atom is -0.454 e. The number of carbonyl (C=O) groups excluding carboxylic acids is 3. The molecule has 0 saturated heterocycles. The Kier molecular flexibility index (Phi) is 6.09. The van der Waals surface area contributed by atoms with Gasteiger partial charge in [-0.15, -0.1) is 11.3 Å². The lowest BCUT2D eigenvalue weighted by Gasteiger charge is -2.13. The summed E-state index contributed by atoms with van der Waals surface area (Å²) in [5.41, 5.74) is 1.87. The van der Waals surface area contributed by atoms with Crippen molar-refractivity contribution < 1.29 is 19.1 Å². The monoisotopic (exact) mass is 359 g/mol. The lowest BCUT2D eigenvalue weighted by Crippen LogP contribution is -2.23. The Morgan fingerprint density at radius 2 is 1.80 bits per heavy atom. The van der Waals surface area contributed by atoms with Gasteiger partial charge in [0.2, 0.25) is 5.91 Å². The molecule has 6 heteroatoms. The highest BCUT2D eigenvalue weighted by molar-refractivity contribution is 7.12. The zero-order chi connectivity index (χ0) is 18.6. The summed E-state index contributed by atoms with van der Waals surface area (Å²) in [7, 11) is 0. The molecule has 25 heavy (non-hydrogen) atoms. The molecule has 1 N–H and O–H groups in total. The number of benzene rings is 1. The van der Waals surface area contributed by atoms with Crippen LogP contribution < -0.4 is 5.32 Å². The smallest absolute Gasteiger partial charge is 0.339 e. The predicted octanol–water partition coefficient (Wildman–Crippen LogP) is 3.60. The van der Waals surface area contributed by atoms with Crippen LogP contribution >= 0.6 is 11.3 Å². The zero-order valence-corrected chi connectivity index (χ0v) is 15.5. The molecule has 1 heterocycles. The maximum atomic E-state index is 12.2. The fraction of sp³-hybridized carbons (Fsp3) is 0.316. The second-order valence-corrected chi connectivity index (χ2v) is 7.33. The van der Waals surface area contributed by atoms with Crippen molar-refractivity contribution in [3.05, 3.63) is 56.8 Å². The molecule has 0 fully saturated rings. The van der Waals surface area contributed by atoms with Crippen molar-refractivity contribution in [1.29, 1.82) is 0 Å². The van der Waals surface area contributed by atoms with Crippen molar-refractivity contribution in [2.24, 2.45) is 0 Å². The van der Waals surface area contributed by atoms with E-state index in [1.165, 1.54) is 18.3 Å². The number of hydrogen-bond acceptors (Lipinski definition) is 5. The molecule has 0 unspecified atom stereocenters. The van der Waals surface area contributed by atoms with Gasteiger partial charge in [0.15, 0.2) is 12.4 Å². The summed E-state index contributed by atoms with van der Waals surface area (Å²) in [6, 6.07) is 8.53. The van der Waals surface area contributed by atoms with E-state index in [1.807, 2.05) is 20.8 Å². The normalized spacial score (nSPS) is 11.7. The molecule has 0 aliphatic rings. The van der Waals surface area contributed by atoms with Gasteiger partial charge in [-0.05, 0) is 32.4 Å². The van der Waals surface area contributed by atoms with E-state index in [-0.39, 0.29) is 24.3 Å². The van der Waals surface area contributed by atoms with Crippen LogP contribution in [0, 0.1) is 13.8 Å². The summed E-state index contributed by atoms with van der Waals surface area (Å²) in [6.45, 7) is 6.80. The maximum Gasteiger partial charge on any atom is 0.339 e. The number of thiophene rings is 1. The van der Waals surface area contributed by atoms with E-state index in [0.717, 1.165) is 15.3 Å². The van der Waals surface area contributed by atoms with E-state index in [9.17, 15) is 14.4 Å². The molecule has 1 aromatic heterocycles. The molecule has 0 aliphatic carbocycles. The Bertz CT molecular complexity index is 792. The van der Waals surface area contributed by atoms with Crippen molar-refractivity contribution in [2.75, 3.05) is 6.61 Å². The van der Waals surface area contributed by atoms with Crippen molar-refractivity contribution >= 4 is 29.0 Å². The Morgan fingerprint density at radius 1 is 1.16 bits per heavy atom. The van der Waals surface area contributed by atoms with Crippen molar-refractivity contribution in [3.63, 3.8) is 0 Å². The van der Waals surface area contributed by atoms with Crippen molar-refractivity contribution in [1.82, 2.24) is 5.32 Å². The summed E-state index contributed by atoms with van der Waals surface area (Å²) in [5.74, 6) is -0.860. The van der Waals surface area contributed by atoms with Gasteiger partial charge in [0.1, 0.15) is 0 Å². The topological polar surface area (TPSA) is 72.5 Å². The molecule has 0 radical (unpaired) electrons. The fourth-order valence-corrected chi connectivity index (χ4v) is 3.38.